The van der Waals surface area contributed by atoms with Gasteiger partial charge in [-0.15, -0.1) is 0 Å². The van der Waals surface area contributed by atoms with Gasteiger partial charge in [0.25, 0.3) is 0 Å². The molecule has 7 heteroatoms. The van der Waals surface area contributed by atoms with E-state index in [2.05, 4.69) is 6.08 Å². The van der Waals surface area contributed by atoms with Gasteiger partial charge >= 0.3 is 6.18 Å². The van der Waals surface area contributed by atoms with Crippen LogP contribution >= 0.6 is 0 Å². The zero-order valence-electron chi connectivity index (χ0n) is 26.7. The van der Waals surface area contributed by atoms with E-state index in [-0.39, 0.29) is 41.7 Å². The first-order valence-corrected chi connectivity index (χ1v) is 16.5. The highest BCUT2D eigenvalue weighted by molar-refractivity contribution is 6.26. The van der Waals surface area contributed by atoms with Crippen molar-refractivity contribution in [2.45, 2.75) is 44.2 Å². The van der Waals surface area contributed by atoms with Gasteiger partial charge in [-0.05, 0) is 52.8 Å². The van der Waals surface area contributed by atoms with Gasteiger partial charge in [0.1, 0.15) is 5.78 Å². The number of carbonyl (C=O) groups is 4. The first-order chi connectivity index (χ1) is 23.6. The molecule has 0 spiro atoms. The lowest BCUT2D eigenvalue weighted by atomic mass is 9.63. The van der Waals surface area contributed by atoms with Crippen molar-refractivity contribution in [3.63, 3.8) is 0 Å². The third kappa shape index (κ3) is 5.71. The summed E-state index contributed by atoms with van der Waals surface area (Å²) in [5, 5.41) is 0. The van der Waals surface area contributed by atoms with Gasteiger partial charge in [0, 0.05) is 46.8 Å². The highest BCUT2D eigenvalue weighted by atomic mass is 19.4. The van der Waals surface area contributed by atoms with Crippen molar-refractivity contribution in [3.8, 4) is 0 Å². The molecule has 0 N–H and O–H groups in total. The summed E-state index contributed by atoms with van der Waals surface area (Å²) in [5.41, 5.74) is 4.10. The molecular weight excluding hydrogens is 625 g/mol. The summed E-state index contributed by atoms with van der Waals surface area (Å²) in [4.78, 5) is 55.4. The normalized spacial score (nSPS) is 22.1. The molecule has 4 aromatic carbocycles. The number of ketones is 4. The maximum atomic E-state index is 14.7. The SMILES string of the molecule is CCC1C(=O)[C@@H](CC(=O)c2cccc(C(F)(F)F)c2)[C@H](c2ccccc2CC2C(=O)c3ccccc3C2=O)C2=C1C(c1ccccc1)C=C2. The van der Waals surface area contributed by atoms with Crippen molar-refractivity contribution >= 4 is 23.1 Å². The average molecular weight is 659 g/mol. The van der Waals surface area contributed by atoms with E-state index < -0.39 is 41.2 Å². The molecule has 4 nitrogen and oxygen atoms in total. The molecule has 49 heavy (non-hydrogen) atoms. The second kappa shape index (κ2) is 12.7. The Bertz CT molecular complexity index is 2020. The molecule has 0 heterocycles. The third-order valence-electron chi connectivity index (χ3n) is 10.3. The van der Waals surface area contributed by atoms with Crippen LogP contribution in [0.2, 0.25) is 0 Å². The fraction of sp³-hybridized carbons (Fsp3) is 0.238. The number of rotatable bonds is 8. The maximum absolute atomic E-state index is 14.7. The van der Waals surface area contributed by atoms with Crippen molar-refractivity contribution in [1.29, 1.82) is 0 Å². The molecule has 0 radical (unpaired) electrons. The van der Waals surface area contributed by atoms with Crippen molar-refractivity contribution in [1.82, 2.24) is 0 Å². The van der Waals surface area contributed by atoms with Gasteiger partial charge in [0.2, 0.25) is 0 Å². The number of Topliss-reactive ketones (excluding diaryl/α,β-unsaturated/α-hetero) is 4. The molecule has 0 aromatic heterocycles. The van der Waals surface area contributed by atoms with Gasteiger partial charge in [0.15, 0.2) is 17.3 Å². The van der Waals surface area contributed by atoms with E-state index in [1.807, 2.05) is 67.6 Å². The number of alkyl halides is 3. The molecule has 7 rings (SSSR count). The number of hydrogen-bond donors (Lipinski definition) is 0. The van der Waals surface area contributed by atoms with Gasteiger partial charge < -0.3 is 0 Å². The first-order valence-electron chi connectivity index (χ1n) is 16.5. The van der Waals surface area contributed by atoms with E-state index >= 15 is 0 Å². The van der Waals surface area contributed by atoms with Gasteiger partial charge in [-0.2, -0.15) is 13.2 Å². The van der Waals surface area contributed by atoms with Gasteiger partial charge in [-0.1, -0.05) is 110 Å². The highest BCUT2D eigenvalue weighted by Gasteiger charge is 2.48. The van der Waals surface area contributed by atoms with E-state index in [1.165, 1.54) is 12.1 Å². The van der Waals surface area contributed by atoms with Crippen LogP contribution in [0.3, 0.4) is 0 Å². The van der Waals surface area contributed by atoms with Crippen LogP contribution in [0.1, 0.15) is 84.9 Å². The van der Waals surface area contributed by atoms with Crippen LogP contribution < -0.4 is 0 Å². The summed E-state index contributed by atoms with van der Waals surface area (Å²) in [7, 11) is 0. The Labute approximate surface area is 282 Å². The fourth-order valence-electron chi connectivity index (χ4n) is 8.07. The van der Waals surface area contributed by atoms with E-state index in [0.29, 0.717) is 17.5 Å². The molecule has 2 unspecified atom stereocenters. The molecular formula is C42H33F3O4. The number of benzene rings is 4. The molecule has 0 saturated heterocycles. The summed E-state index contributed by atoms with van der Waals surface area (Å²) in [6.07, 6.45) is -0.206. The second-order valence-corrected chi connectivity index (χ2v) is 13.0. The zero-order chi connectivity index (χ0) is 34.4. The molecule has 0 saturated carbocycles. The Morgan fingerprint density at radius 3 is 2.08 bits per heavy atom. The summed E-state index contributed by atoms with van der Waals surface area (Å²) in [5.74, 6) is -4.25. The van der Waals surface area contributed by atoms with Crippen molar-refractivity contribution in [2.24, 2.45) is 17.8 Å². The lowest BCUT2D eigenvalue weighted by Gasteiger charge is -2.39. The molecule has 4 atom stereocenters. The molecule has 0 fully saturated rings. The summed E-state index contributed by atoms with van der Waals surface area (Å²) in [6.45, 7) is 1.93. The number of halogens is 3. The molecule has 3 aliphatic rings. The van der Waals surface area contributed by atoms with E-state index in [1.54, 1.807) is 24.3 Å². The highest BCUT2D eigenvalue weighted by Crippen LogP contribution is 2.53. The zero-order valence-corrected chi connectivity index (χ0v) is 26.7. The lowest BCUT2D eigenvalue weighted by molar-refractivity contribution is -0.137. The Balaban J connectivity index is 1.34. The number of hydrogen-bond acceptors (Lipinski definition) is 4. The van der Waals surface area contributed by atoms with E-state index in [0.717, 1.165) is 40.0 Å². The number of allylic oxidation sites excluding steroid dienone is 4. The minimum Gasteiger partial charge on any atom is -0.299 e. The summed E-state index contributed by atoms with van der Waals surface area (Å²) >= 11 is 0. The topological polar surface area (TPSA) is 68.3 Å². The Morgan fingerprint density at radius 2 is 1.41 bits per heavy atom. The molecule has 0 aliphatic heterocycles. The second-order valence-electron chi connectivity index (χ2n) is 13.0. The largest absolute Gasteiger partial charge is 0.416 e. The fourth-order valence-corrected chi connectivity index (χ4v) is 8.07. The molecule has 3 aliphatic carbocycles. The van der Waals surface area contributed by atoms with Crippen LogP contribution in [0.25, 0.3) is 0 Å². The maximum Gasteiger partial charge on any atom is 0.416 e. The molecule has 4 aromatic rings. The smallest absolute Gasteiger partial charge is 0.299 e. The van der Waals surface area contributed by atoms with Gasteiger partial charge in [-0.3, -0.25) is 19.2 Å². The lowest BCUT2D eigenvalue weighted by Crippen LogP contribution is -2.38. The summed E-state index contributed by atoms with van der Waals surface area (Å²) < 4.78 is 40.7. The van der Waals surface area contributed by atoms with Crippen LogP contribution in [-0.4, -0.2) is 23.1 Å². The van der Waals surface area contributed by atoms with Crippen molar-refractivity contribution in [2.75, 3.05) is 0 Å². The summed E-state index contributed by atoms with van der Waals surface area (Å²) in [6, 6.07) is 28.4. The van der Waals surface area contributed by atoms with Crippen LogP contribution in [0, 0.1) is 17.8 Å². The van der Waals surface area contributed by atoms with Gasteiger partial charge in [-0.25, -0.2) is 0 Å². The van der Waals surface area contributed by atoms with E-state index in [4.69, 9.17) is 0 Å². The predicted octanol–water partition coefficient (Wildman–Crippen LogP) is 9.18. The standard InChI is InChI=1S/C42H33F3O4/c1-2-28-37-30(24-11-4-3-5-12-24)19-20-33(37)38(34(39(28)47)23-36(46)26-14-10-15-27(21-26)42(43,44)45)29-16-7-6-13-25(29)22-35-40(48)31-17-8-9-18-32(31)41(35)49/h3-21,28,30,34-35,38H,2,22-23H2,1H3/t28?,30?,34-,38+/m0/s1. The van der Waals surface area contributed by atoms with E-state index in [9.17, 15) is 32.3 Å². The van der Waals surface area contributed by atoms with Crippen LogP contribution in [0.15, 0.2) is 126 Å². The average Bonchev–Trinajstić information content (AvgIpc) is 3.64. The predicted molar refractivity (Wildman–Crippen MR) is 179 cm³/mol. The molecule has 0 amide bonds. The first kappa shape index (κ1) is 32.4. The molecule has 246 valence electrons. The molecule has 0 bridgehead atoms. The van der Waals surface area contributed by atoms with Crippen LogP contribution in [0.5, 0.6) is 0 Å². The van der Waals surface area contributed by atoms with Crippen molar-refractivity contribution in [3.05, 3.63) is 165 Å². The minimum atomic E-state index is -4.62. The Morgan fingerprint density at radius 1 is 0.755 bits per heavy atom. The van der Waals surface area contributed by atoms with Crippen LogP contribution in [-0.2, 0) is 17.4 Å². The van der Waals surface area contributed by atoms with Crippen LogP contribution in [0.4, 0.5) is 13.2 Å². The minimum absolute atomic E-state index is 0.105. The number of carbonyl (C=O) groups excluding carboxylic acids is 4. The van der Waals surface area contributed by atoms with Crippen molar-refractivity contribution < 1.29 is 32.3 Å². The Kier molecular flexibility index (Phi) is 8.39. The third-order valence-corrected chi connectivity index (χ3v) is 10.3. The monoisotopic (exact) mass is 658 g/mol. The number of fused-ring (bicyclic) bond motifs is 1. The quantitative estimate of drug-likeness (QED) is 0.140. The van der Waals surface area contributed by atoms with Gasteiger partial charge in [0.05, 0.1) is 11.5 Å². The Hall–Kier alpha value is -5.17.